The van der Waals surface area contributed by atoms with E-state index in [9.17, 15) is 19.8 Å². The maximum absolute atomic E-state index is 12.1. The highest BCUT2D eigenvalue weighted by atomic mass is 35.5. The Morgan fingerprint density at radius 3 is 2.66 bits per heavy atom. The minimum absolute atomic E-state index is 0.0868. The van der Waals surface area contributed by atoms with Crippen LogP contribution in [0.2, 0.25) is 5.02 Å². The Kier molecular flexibility index (Phi) is 8.96. The number of carboxylic acids is 1. The van der Waals surface area contributed by atoms with E-state index in [-0.39, 0.29) is 18.3 Å². The first-order valence-electron chi connectivity index (χ1n) is 9.56. The van der Waals surface area contributed by atoms with Gasteiger partial charge in [0, 0.05) is 18.1 Å². The molecule has 2 aromatic rings. The molecule has 0 aromatic heterocycles. The topological polar surface area (TPSA) is 87.1 Å². The van der Waals surface area contributed by atoms with E-state index in [4.69, 9.17) is 16.3 Å². The monoisotopic (exact) mass is 419 g/mol. The second kappa shape index (κ2) is 11.4. The predicted molar refractivity (Wildman–Crippen MR) is 111 cm³/mol. The lowest BCUT2D eigenvalue weighted by Gasteiger charge is -2.21. The number of esters is 1. The van der Waals surface area contributed by atoms with Gasteiger partial charge in [-0.25, -0.2) is 4.79 Å². The summed E-state index contributed by atoms with van der Waals surface area (Å²) in [6, 6.07) is 11.8. The van der Waals surface area contributed by atoms with Crippen molar-refractivity contribution in [3.05, 3.63) is 64.2 Å². The standard InChI is InChI=1S/C22H26ClNO5/c1-2-3-11-29-22(28)18-6-4-5-16(12-18)14-24(15-21(26)27)10-9-17-7-8-19(25)13-20(17)23/h4-8,12-13,25H,2-3,9-11,14-15H2,1H3,(H,26,27). The lowest BCUT2D eigenvalue weighted by atomic mass is 10.1. The highest BCUT2D eigenvalue weighted by molar-refractivity contribution is 6.31. The van der Waals surface area contributed by atoms with Crippen LogP contribution in [-0.4, -0.2) is 46.7 Å². The summed E-state index contributed by atoms with van der Waals surface area (Å²) >= 11 is 6.14. The first-order valence-corrected chi connectivity index (χ1v) is 9.94. The molecule has 0 spiro atoms. The van der Waals surface area contributed by atoms with Gasteiger partial charge in [-0.15, -0.1) is 0 Å². The van der Waals surface area contributed by atoms with Gasteiger partial charge in [-0.1, -0.05) is 43.1 Å². The lowest BCUT2D eigenvalue weighted by molar-refractivity contribution is -0.138. The van der Waals surface area contributed by atoms with Gasteiger partial charge in [0.1, 0.15) is 5.75 Å². The quantitative estimate of drug-likeness (QED) is 0.420. The molecule has 2 N–H and O–H groups in total. The Balaban J connectivity index is 2.04. The van der Waals surface area contributed by atoms with Crippen LogP contribution in [0.3, 0.4) is 0 Å². The minimum Gasteiger partial charge on any atom is -0.508 e. The van der Waals surface area contributed by atoms with Crippen LogP contribution in [0, 0.1) is 0 Å². The zero-order valence-corrected chi connectivity index (χ0v) is 17.2. The minimum atomic E-state index is -0.933. The molecule has 7 heteroatoms. The largest absolute Gasteiger partial charge is 0.508 e. The number of hydrogen-bond acceptors (Lipinski definition) is 5. The second-order valence-electron chi connectivity index (χ2n) is 6.82. The average molecular weight is 420 g/mol. The number of nitrogens with zero attached hydrogens (tertiary/aromatic N) is 1. The van der Waals surface area contributed by atoms with Gasteiger partial charge in [0.25, 0.3) is 0 Å². The molecule has 0 saturated heterocycles. The molecule has 0 aliphatic carbocycles. The molecule has 0 amide bonds. The number of phenols is 1. The van der Waals surface area contributed by atoms with Gasteiger partial charge >= 0.3 is 11.9 Å². The molecular weight excluding hydrogens is 394 g/mol. The molecule has 0 atom stereocenters. The normalized spacial score (nSPS) is 10.9. The van der Waals surface area contributed by atoms with E-state index in [1.165, 1.54) is 6.07 Å². The fourth-order valence-electron chi connectivity index (χ4n) is 2.87. The van der Waals surface area contributed by atoms with E-state index in [1.54, 1.807) is 35.2 Å². The molecule has 0 radical (unpaired) electrons. The highest BCUT2D eigenvalue weighted by Crippen LogP contribution is 2.22. The van der Waals surface area contributed by atoms with Crippen molar-refractivity contribution in [1.29, 1.82) is 0 Å². The number of halogens is 1. The van der Waals surface area contributed by atoms with Crippen molar-refractivity contribution in [3.63, 3.8) is 0 Å². The van der Waals surface area contributed by atoms with Crippen LogP contribution in [-0.2, 0) is 22.5 Å². The molecule has 0 fully saturated rings. The third-order valence-corrected chi connectivity index (χ3v) is 4.74. The summed E-state index contributed by atoms with van der Waals surface area (Å²) in [6.07, 6.45) is 2.30. The molecule has 2 rings (SSSR count). The molecule has 6 nitrogen and oxygen atoms in total. The van der Waals surface area contributed by atoms with Gasteiger partial charge in [-0.05, 0) is 48.2 Å². The molecule has 2 aromatic carbocycles. The zero-order chi connectivity index (χ0) is 21.2. The number of benzene rings is 2. The fourth-order valence-corrected chi connectivity index (χ4v) is 3.14. The molecule has 0 bridgehead atoms. The predicted octanol–water partition coefficient (Wildman–Crippen LogP) is 4.13. The third-order valence-electron chi connectivity index (χ3n) is 4.39. The zero-order valence-electron chi connectivity index (χ0n) is 16.4. The molecule has 0 aliphatic rings. The summed E-state index contributed by atoms with van der Waals surface area (Å²) in [7, 11) is 0. The van der Waals surface area contributed by atoms with Crippen molar-refractivity contribution in [2.45, 2.75) is 32.7 Å². The molecule has 156 valence electrons. The Labute approximate surface area is 175 Å². The fraction of sp³-hybridized carbons (Fsp3) is 0.364. The van der Waals surface area contributed by atoms with Gasteiger partial charge in [0.2, 0.25) is 0 Å². The number of carbonyl (C=O) groups is 2. The van der Waals surface area contributed by atoms with E-state index in [0.717, 1.165) is 24.0 Å². The SMILES string of the molecule is CCCCOC(=O)c1cccc(CN(CCc2ccc(O)cc2Cl)CC(=O)O)c1. The summed E-state index contributed by atoms with van der Waals surface area (Å²) in [5.74, 6) is -1.22. The van der Waals surface area contributed by atoms with E-state index < -0.39 is 5.97 Å². The van der Waals surface area contributed by atoms with Crippen LogP contribution in [0.5, 0.6) is 5.75 Å². The van der Waals surface area contributed by atoms with Gasteiger partial charge in [-0.3, -0.25) is 9.69 Å². The highest BCUT2D eigenvalue weighted by Gasteiger charge is 2.14. The first kappa shape index (κ1) is 22.7. The number of unbranched alkanes of at least 4 members (excludes halogenated alkanes) is 1. The number of phenolic OH excluding ortho intramolecular Hbond substituents is 1. The number of rotatable bonds is 11. The summed E-state index contributed by atoms with van der Waals surface area (Å²) in [5.41, 5.74) is 2.11. The van der Waals surface area contributed by atoms with Crippen molar-refractivity contribution >= 4 is 23.5 Å². The maximum atomic E-state index is 12.1. The molecular formula is C22H26ClNO5. The number of carboxylic acid groups (broad SMARTS) is 1. The second-order valence-corrected chi connectivity index (χ2v) is 7.23. The molecule has 0 saturated carbocycles. The van der Waals surface area contributed by atoms with E-state index in [2.05, 4.69) is 0 Å². The lowest BCUT2D eigenvalue weighted by Crippen LogP contribution is -2.31. The summed E-state index contributed by atoms with van der Waals surface area (Å²) in [6.45, 7) is 3.11. The van der Waals surface area contributed by atoms with Crippen molar-refractivity contribution in [2.75, 3.05) is 19.7 Å². The van der Waals surface area contributed by atoms with Crippen molar-refractivity contribution < 1.29 is 24.5 Å². The Morgan fingerprint density at radius 1 is 1.17 bits per heavy atom. The maximum Gasteiger partial charge on any atom is 0.338 e. The molecule has 0 aliphatic heterocycles. The number of ether oxygens (including phenoxy) is 1. The Morgan fingerprint density at radius 2 is 1.97 bits per heavy atom. The number of hydrogen-bond donors (Lipinski definition) is 2. The smallest absolute Gasteiger partial charge is 0.338 e. The van der Waals surface area contributed by atoms with Gasteiger partial charge in [-0.2, -0.15) is 0 Å². The van der Waals surface area contributed by atoms with E-state index >= 15 is 0 Å². The Bertz CT molecular complexity index is 840. The van der Waals surface area contributed by atoms with Gasteiger partial charge < -0.3 is 14.9 Å². The van der Waals surface area contributed by atoms with Crippen LogP contribution in [0.25, 0.3) is 0 Å². The van der Waals surface area contributed by atoms with E-state index in [0.29, 0.717) is 36.7 Å². The van der Waals surface area contributed by atoms with Crippen LogP contribution >= 0.6 is 11.6 Å². The molecule has 0 heterocycles. The van der Waals surface area contributed by atoms with E-state index in [1.807, 2.05) is 13.0 Å². The van der Waals surface area contributed by atoms with Crippen LogP contribution < -0.4 is 0 Å². The van der Waals surface area contributed by atoms with Crippen LogP contribution in [0.1, 0.15) is 41.3 Å². The van der Waals surface area contributed by atoms with Crippen molar-refractivity contribution in [3.8, 4) is 5.75 Å². The number of aromatic hydroxyl groups is 1. The van der Waals surface area contributed by atoms with Crippen molar-refractivity contribution in [2.24, 2.45) is 0 Å². The van der Waals surface area contributed by atoms with Crippen molar-refractivity contribution in [1.82, 2.24) is 4.90 Å². The van der Waals surface area contributed by atoms with Gasteiger partial charge in [0.05, 0.1) is 18.7 Å². The Hall–Kier alpha value is -2.57. The third kappa shape index (κ3) is 7.75. The number of aliphatic carboxylic acids is 1. The summed E-state index contributed by atoms with van der Waals surface area (Å²) in [4.78, 5) is 25.2. The number of carbonyl (C=O) groups excluding carboxylic acids is 1. The molecule has 0 unspecified atom stereocenters. The summed E-state index contributed by atoms with van der Waals surface area (Å²) < 4.78 is 5.24. The average Bonchev–Trinajstić information content (AvgIpc) is 2.67. The van der Waals surface area contributed by atoms with Gasteiger partial charge in [0.15, 0.2) is 0 Å². The first-order chi connectivity index (χ1) is 13.9. The van der Waals surface area contributed by atoms with Crippen LogP contribution in [0.15, 0.2) is 42.5 Å². The summed E-state index contributed by atoms with van der Waals surface area (Å²) in [5, 5.41) is 19.1. The van der Waals surface area contributed by atoms with Crippen LogP contribution in [0.4, 0.5) is 0 Å². The molecule has 29 heavy (non-hydrogen) atoms.